The standard InChI is InChI=1S/C16H12F3N3O2S/c17-16(18,19)9-24-13-6-5-10(7-20-13)15(23)21-8-14-22-11-3-1-2-4-12(11)25-14/h1-7H,8-9H2,(H,21,23). The molecule has 0 bridgehead atoms. The number of nitrogens with zero attached hydrogens (tertiary/aromatic N) is 2. The first-order valence-corrected chi connectivity index (χ1v) is 8.01. The Kier molecular flexibility index (Phi) is 4.84. The highest BCUT2D eigenvalue weighted by molar-refractivity contribution is 7.18. The van der Waals surface area contributed by atoms with Gasteiger partial charge >= 0.3 is 6.18 Å². The molecular weight excluding hydrogens is 355 g/mol. The summed E-state index contributed by atoms with van der Waals surface area (Å²) in [5.74, 6) is -0.589. The van der Waals surface area contributed by atoms with Gasteiger partial charge in [-0.2, -0.15) is 13.2 Å². The molecule has 3 rings (SSSR count). The summed E-state index contributed by atoms with van der Waals surface area (Å²) in [6.07, 6.45) is -3.27. The fraction of sp³-hybridized carbons (Fsp3) is 0.188. The molecule has 1 amide bonds. The van der Waals surface area contributed by atoms with Crippen LogP contribution in [0.4, 0.5) is 13.2 Å². The van der Waals surface area contributed by atoms with Crippen LogP contribution in [0.5, 0.6) is 5.88 Å². The van der Waals surface area contributed by atoms with Gasteiger partial charge < -0.3 is 10.1 Å². The number of nitrogens with one attached hydrogen (secondary N) is 1. The van der Waals surface area contributed by atoms with E-state index < -0.39 is 18.7 Å². The molecule has 1 N–H and O–H groups in total. The van der Waals surface area contributed by atoms with Gasteiger partial charge in [0.05, 0.1) is 22.3 Å². The maximum atomic E-state index is 12.1. The molecule has 0 saturated heterocycles. The molecule has 5 nitrogen and oxygen atoms in total. The smallest absolute Gasteiger partial charge is 0.422 e. The number of hydrogen-bond donors (Lipinski definition) is 1. The zero-order valence-electron chi connectivity index (χ0n) is 12.7. The molecule has 0 atom stereocenters. The second-order valence-electron chi connectivity index (χ2n) is 5.05. The summed E-state index contributed by atoms with van der Waals surface area (Å²) < 4.78 is 41.7. The topological polar surface area (TPSA) is 64.1 Å². The fourth-order valence-corrected chi connectivity index (χ4v) is 2.92. The third-order valence-corrected chi connectivity index (χ3v) is 4.16. The number of amides is 1. The van der Waals surface area contributed by atoms with Gasteiger partial charge in [-0.25, -0.2) is 9.97 Å². The Balaban J connectivity index is 1.57. The number of rotatable bonds is 5. The van der Waals surface area contributed by atoms with Gasteiger partial charge in [-0.15, -0.1) is 11.3 Å². The highest BCUT2D eigenvalue weighted by atomic mass is 32.1. The van der Waals surface area contributed by atoms with E-state index in [2.05, 4.69) is 20.0 Å². The molecular formula is C16H12F3N3O2S. The van der Waals surface area contributed by atoms with Crippen LogP contribution in [0.2, 0.25) is 0 Å². The number of thiazole rings is 1. The predicted octanol–water partition coefficient (Wildman–Crippen LogP) is 3.56. The summed E-state index contributed by atoms with van der Waals surface area (Å²) in [7, 11) is 0. The maximum Gasteiger partial charge on any atom is 0.422 e. The highest BCUT2D eigenvalue weighted by Crippen LogP contribution is 2.21. The third kappa shape index (κ3) is 4.66. The number of halogens is 3. The van der Waals surface area contributed by atoms with Gasteiger partial charge in [-0.05, 0) is 18.2 Å². The second-order valence-corrected chi connectivity index (χ2v) is 6.16. The van der Waals surface area contributed by atoms with Crippen molar-refractivity contribution in [1.29, 1.82) is 0 Å². The van der Waals surface area contributed by atoms with Crippen LogP contribution >= 0.6 is 11.3 Å². The molecule has 1 aromatic carbocycles. The minimum absolute atomic E-state index is 0.194. The molecule has 0 fully saturated rings. The van der Waals surface area contributed by atoms with Crippen molar-refractivity contribution in [2.24, 2.45) is 0 Å². The number of pyridine rings is 1. The zero-order chi connectivity index (χ0) is 17.9. The van der Waals surface area contributed by atoms with Crippen molar-refractivity contribution in [3.05, 3.63) is 53.2 Å². The van der Waals surface area contributed by atoms with E-state index in [-0.39, 0.29) is 18.0 Å². The molecule has 2 heterocycles. The average molecular weight is 367 g/mol. The number of benzene rings is 1. The Morgan fingerprint density at radius 3 is 2.68 bits per heavy atom. The van der Waals surface area contributed by atoms with Crippen molar-refractivity contribution in [2.45, 2.75) is 12.7 Å². The molecule has 0 aliphatic rings. The maximum absolute atomic E-state index is 12.1. The highest BCUT2D eigenvalue weighted by Gasteiger charge is 2.28. The Morgan fingerprint density at radius 2 is 2.00 bits per heavy atom. The van der Waals surface area contributed by atoms with Crippen LogP contribution in [-0.2, 0) is 6.54 Å². The SMILES string of the molecule is O=C(NCc1nc2ccccc2s1)c1ccc(OCC(F)(F)F)nc1. The van der Waals surface area contributed by atoms with Crippen molar-refractivity contribution in [3.8, 4) is 5.88 Å². The quantitative estimate of drug-likeness (QED) is 0.749. The summed E-state index contributed by atoms with van der Waals surface area (Å²) in [5.41, 5.74) is 1.09. The van der Waals surface area contributed by atoms with Crippen LogP contribution in [0.1, 0.15) is 15.4 Å². The number of carbonyl (C=O) groups is 1. The summed E-state index contributed by atoms with van der Waals surface area (Å²) in [6.45, 7) is -1.17. The fourth-order valence-electron chi connectivity index (χ4n) is 2.01. The average Bonchev–Trinajstić information content (AvgIpc) is 3.00. The predicted molar refractivity (Wildman–Crippen MR) is 86.6 cm³/mol. The van der Waals surface area contributed by atoms with Crippen molar-refractivity contribution in [2.75, 3.05) is 6.61 Å². The summed E-state index contributed by atoms with van der Waals surface area (Å²) >= 11 is 1.48. The molecule has 0 spiro atoms. The monoisotopic (exact) mass is 367 g/mol. The van der Waals surface area contributed by atoms with E-state index in [1.54, 1.807) is 0 Å². The van der Waals surface area contributed by atoms with Crippen molar-refractivity contribution >= 4 is 27.5 Å². The minimum Gasteiger partial charge on any atom is -0.468 e. The number of ether oxygens (including phenoxy) is 1. The number of para-hydroxylation sites is 1. The van der Waals surface area contributed by atoms with Crippen LogP contribution in [0, 0.1) is 0 Å². The van der Waals surface area contributed by atoms with Crippen molar-refractivity contribution in [1.82, 2.24) is 15.3 Å². The van der Waals surface area contributed by atoms with Crippen LogP contribution < -0.4 is 10.1 Å². The van der Waals surface area contributed by atoms with Gasteiger partial charge in [0.2, 0.25) is 5.88 Å². The first-order valence-electron chi connectivity index (χ1n) is 7.19. The molecule has 3 aromatic rings. The Morgan fingerprint density at radius 1 is 1.20 bits per heavy atom. The Hall–Kier alpha value is -2.68. The molecule has 9 heteroatoms. The van der Waals surface area contributed by atoms with Gasteiger partial charge in [0.15, 0.2) is 6.61 Å². The third-order valence-electron chi connectivity index (χ3n) is 3.12. The van der Waals surface area contributed by atoms with E-state index in [9.17, 15) is 18.0 Å². The molecule has 0 aliphatic carbocycles. The van der Waals surface area contributed by atoms with E-state index in [1.807, 2.05) is 24.3 Å². The molecule has 0 saturated carbocycles. The Bertz CT molecular complexity index is 845. The normalized spacial score (nSPS) is 11.5. The second kappa shape index (κ2) is 7.06. The lowest BCUT2D eigenvalue weighted by molar-refractivity contribution is -0.154. The summed E-state index contributed by atoms with van der Waals surface area (Å²) in [4.78, 5) is 20.2. The van der Waals surface area contributed by atoms with E-state index in [4.69, 9.17) is 0 Å². The molecule has 2 aromatic heterocycles. The van der Waals surface area contributed by atoms with Crippen LogP contribution in [0.15, 0.2) is 42.6 Å². The van der Waals surface area contributed by atoms with Gasteiger partial charge in [0.25, 0.3) is 5.91 Å². The summed E-state index contributed by atoms with van der Waals surface area (Å²) in [5, 5.41) is 3.46. The van der Waals surface area contributed by atoms with E-state index in [0.717, 1.165) is 15.2 Å². The lowest BCUT2D eigenvalue weighted by Crippen LogP contribution is -2.23. The van der Waals surface area contributed by atoms with Crippen LogP contribution in [0.3, 0.4) is 0 Å². The minimum atomic E-state index is -4.44. The van der Waals surface area contributed by atoms with E-state index in [0.29, 0.717) is 0 Å². The number of carbonyl (C=O) groups excluding carboxylic acids is 1. The van der Waals surface area contributed by atoms with E-state index in [1.165, 1.54) is 29.7 Å². The lowest BCUT2D eigenvalue weighted by atomic mass is 10.2. The number of fused-ring (bicyclic) bond motifs is 1. The first-order chi connectivity index (χ1) is 11.9. The van der Waals surface area contributed by atoms with E-state index >= 15 is 0 Å². The van der Waals surface area contributed by atoms with Gasteiger partial charge in [-0.1, -0.05) is 12.1 Å². The molecule has 0 unspecified atom stereocenters. The van der Waals surface area contributed by atoms with Crippen molar-refractivity contribution < 1.29 is 22.7 Å². The van der Waals surface area contributed by atoms with Gasteiger partial charge in [0, 0.05) is 12.3 Å². The number of alkyl halides is 3. The zero-order valence-corrected chi connectivity index (χ0v) is 13.5. The largest absolute Gasteiger partial charge is 0.468 e. The number of aromatic nitrogens is 2. The summed E-state index contributed by atoms with van der Waals surface area (Å²) in [6, 6.07) is 10.2. The molecule has 0 aliphatic heterocycles. The lowest BCUT2D eigenvalue weighted by Gasteiger charge is -2.08. The molecule has 130 valence electrons. The Labute approximate surface area is 144 Å². The van der Waals surface area contributed by atoms with Gasteiger partial charge in [-0.3, -0.25) is 4.79 Å². The van der Waals surface area contributed by atoms with Crippen LogP contribution in [-0.4, -0.2) is 28.7 Å². The molecule has 25 heavy (non-hydrogen) atoms. The van der Waals surface area contributed by atoms with Crippen molar-refractivity contribution in [3.63, 3.8) is 0 Å². The molecule has 0 radical (unpaired) electrons. The van der Waals surface area contributed by atoms with Crippen LogP contribution in [0.25, 0.3) is 10.2 Å². The van der Waals surface area contributed by atoms with Gasteiger partial charge in [0.1, 0.15) is 5.01 Å². The first kappa shape index (κ1) is 17.2. The number of hydrogen-bond acceptors (Lipinski definition) is 5.